The van der Waals surface area contributed by atoms with Gasteiger partial charge in [0.15, 0.2) is 0 Å². The molecule has 0 aliphatic carbocycles. The van der Waals surface area contributed by atoms with Gasteiger partial charge in [-0.2, -0.15) is 0 Å². The van der Waals surface area contributed by atoms with Crippen molar-refractivity contribution in [2.45, 2.75) is 6.92 Å². The van der Waals surface area contributed by atoms with Gasteiger partial charge in [-0.25, -0.2) is 9.97 Å². The highest BCUT2D eigenvalue weighted by Gasteiger charge is 2.14. The number of aromatic nitrogens is 3. The second-order valence-electron chi connectivity index (χ2n) is 5.83. The van der Waals surface area contributed by atoms with Crippen molar-refractivity contribution >= 4 is 33.5 Å². The Hall–Kier alpha value is -2.26. The maximum atomic E-state index is 12.1. The van der Waals surface area contributed by atoms with E-state index in [1.54, 1.807) is 12.3 Å². The summed E-state index contributed by atoms with van der Waals surface area (Å²) in [5.74, 6) is 2.19. The van der Waals surface area contributed by atoms with Crippen molar-refractivity contribution in [1.82, 2.24) is 20.3 Å². The van der Waals surface area contributed by atoms with Crippen molar-refractivity contribution in [3.05, 3.63) is 40.4 Å². The Kier molecular flexibility index (Phi) is 6.35. The monoisotopic (exact) mass is 420 g/mol. The number of nitrogens with zero attached hydrogens (tertiary/aromatic N) is 4. The summed E-state index contributed by atoms with van der Waals surface area (Å²) in [6.07, 6.45) is 3.18. The molecule has 0 spiro atoms. The van der Waals surface area contributed by atoms with E-state index in [0.717, 1.165) is 29.2 Å². The summed E-state index contributed by atoms with van der Waals surface area (Å²) < 4.78 is 6.15. The van der Waals surface area contributed by atoms with Gasteiger partial charge in [0, 0.05) is 49.1 Å². The lowest BCUT2D eigenvalue weighted by Gasteiger charge is -2.28. The van der Waals surface area contributed by atoms with Crippen LogP contribution in [0.25, 0.3) is 0 Å². The molecule has 3 rings (SSSR count). The summed E-state index contributed by atoms with van der Waals surface area (Å²) in [5.41, 5.74) is 0.520. The van der Waals surface area contributed by atoms with Gasteiger partial charge >= 0.3 is 0 Å². The van der Waals surface area contributed by atoms with Crippen LogP contribution >= 0.6 is 15.9 Å². The Morgan fingerprint density at radius 3 is 2.81 bits per heavy atom. The van der Waals surface area contributed by atoms with E-state index in [1.807, 2.05) is 13.0 Å². The standard InChI is InChI=1S/C17H21BrN6O2/c1-12-22-15(9-16(23-12)24-4-6-26-7-5-24)20-2-3-21-17(25)13-8-14(18)11-19-10-13/h8-11H,2-7H2,1H3,(H,21,25)(H,20,22,23). The number of nitrogens with one attached hydrogen (secondary N) is 2. The van der Waals surface area contributed by atoms with Crippen LogP contribution in [0.3, 0.4) is 0 Å². The van der Waals surface area contributed by atoms with Crippen LogP contribution < -0.4 is 15.5 Å². The molecule has 2 N–H and O–H groups in total. The van der Waals surface area contributed by atoms with E-state index in [4.69, 9.17) is 4.74 Å². The zero-order chi connectivity index (χ0) is 18.4. The third-order valence-corrected chi connectivity index (χ3v) is 4.28. The molecule has 1 aliphatic heterocycles. The Morgan fingerprint density at radius 2 is 2.04 bits per heavy atom. The second-order valence-corrected chi connectivity index (χ2v) is 6.75. The molecule has 9 heteroatoms. The van der Waals surface area contributed by atoms with Crippen molar-refractivity contribution in [2.24, 2.45) is 0 Å². The zero-order valence-electron chi connectivity index (χ0n) is 14.5. The van der Waals surface area contributed by atoms with Crippen molar-refractivity contribution in [1.29, 1.82) is 0 Å². The van der Waals surface area contributed by atoms with Gasteiger partial charge in [-0.05, 0) is 28.9 Å². The number of ether oxygens (including phenoxy) is 1. The number of morpholine rings is 1. The van der Waals surface area contributed by atoms with Gasteiger partial charge in [0.1, 0.15) is 17.5 Å². The van der Waals surface area contributed by atoms with E-state index in [2.05, 4.69) is 46.4 Å². The van der Waals surface area contributed by atoms with Crippen LogP contribution in [0.1, 0.15) is 16.2 Å². The maximum absolute atomic E-state index is 12.1. The number of hydrogen-bond donors (Lipinski definition) is 2. The predicted molar refractivity (Wildman–Crippen MR) is 103 cm³/mol. The molecule has 26 heavy (non-hydrogen) atoms. The Bertz CT molecular complexity index is 767. The molecular weight excluding hydrogens is 400 g/mol. The highest BCUT2D eigenvalue weighted by molar-refractivity contribution is 9.10. The SMILES string of the molecule is Cc1nc(NCCNC(=O)c2cncc(Br)c2)cc(N2CCOCC2)n1. The lowest BCUT2D eigenvalue weighted by atomic mass is 10.3. The largest absolute Gasteiger partial charge is 0.378 e. The molecule has 1 amide bonds. The molecule has 2 aromatic heterocycles. The van der Waals surface area contributed by atoms with Crippen molar-refractivity contribution in [2.75, 3.05) is 49.6 Å². The minimum Gasteiger partial charge on any atom is -0.378 e. The van der Waals surface area contributed by atoms with E-state index in [9.17, 15) is 4.79 Å². The first-order valence-corrected chi connectivity index (χ1v) is 9.22. The van der Waals surface area contributed by atoms with Crippen LogP contribution in [-0.2, 0) is 4.74 Å². The predicted octanol–water partition coefficient (Wildman–Crippen LogP) is 1.62. The molecule has 0 unspecified atom stereocenters. The second kappa shape index (κ2) is 8.91. The maximum Gasteiger partial charge on any atom is 0.252 e. The number of pyridine rings is 1. The van der Waals surface area contributed by atoms with Crippen molar-refractivity contribution in [3.8, 4) is 0 Å². The average molecular weight is 421 g/mol. The lowest BCUT2D eigenvalue weighted by molar-refractivity contribution is 0.0954. The number of anilines is 2. The van der Waals surface area contributed by atoms with Gasteiger partial charge < -0.3 is 20.3 Å². The van der Waals surface area contributed by atoms with Gasteiger partial charge in [-0.1, -0.05) is 0 Å². The Morgan fingerprint density at radius 1 is 1.23 bits per heavy atom. The fraction of sp³-hybridized carbons (Fsp3) is 0.412. The fourth-order valence-electron chi connectivity index (χ4n) is 2.60. The number of amides is 1. The van der Waals surface area contributed by atoms with Crippen LogP contribution in [0.4, 0.5) is 11.6 Å². The van der Waals surface area contributed by atoms with Crippen LogP contribution in [0, 0.1) is 6.92 Å². The van der Waals surface area contributed by atoms with Gasteiger partial charge in [0.2, 0.25) is 0 Å². The molecule has 0 atom stereocenters. The van der Waals surface area contributed by atoms with Crippen LogP contribution in [-0.4, -0.2) is 60.3 Å². The molecule has 1 saturated heterocycles. The van der Waals surface area contributed by atoms with Crippen LogP contribution in [0.15, 0.2) is 29.0 Å². The number of carbonyl (C=O) groups excluding carboxylic acids is 1. The highest BCUT2D eigenvalue weighted by Crippen LogP contribution is 2.17. The third-order valence-electron chi connectivity index (χ3n) is 3.84. The molecule has 1 aliphatic rings. The molecule has 138 valence electrons. The minimum absolute atomic E-state index is 0.159. The van der Waals surface area contributed by atoms with Gasteiger partial charge in [0.05, 0.1) is 18.8 Å². The van der Waals surface area contributed by atoms with Gasteiger partial charge in [-0.3, -0.25) is 9.78 Å². The minimum atomic E-state index is -0.159. The smallest absolute Gasteiger partial charge is 0.252 e. The molecule has 2 aromatic rings. The molecule has 0 aromatic carbocycles. The molecule has 0 bridgehead atoms. The molecule has 0 saturated carbocycles. The Labute approximate surface area is 160 Å². The van der Waals surface area contributed by atoms with Crippen LogP contribution in [0.2, 0.25) is 0 Å². The van der Waals surface area contributed by atoms with Crippen molar-refractivity contribution in [3.63, 3.8) is 0 Å². The van der Waals surface area contributed by atoms with Gasteiger partial charge in [-0.15, -0.1) is 0 Å². The van der Waals surface area contributed by atoms with Crippen LogP contribution in [0.5, 0.6) is 0 Å². The van der Waals surface area contributed by atoms with Crippen molar-refractivity contribution < 1.29 is 9.53 Å². The first kappa shape index (κ1) is 18.5. The summed E-state index contributed by atoms with van der Waals surface area (Å²) in [5, 5.41) is 6.09. The lowest BCUT2D eigenvalue weighted by Crippen LogP contribution is -2.37. The average Bonchev–Trinajstić information content (AvgIpc) is 2.65. The Balaban J connectivity index is 1.51. The van der Waals surface area contributed by atoms with E-state index < -0.39 is 0 Å². The summed E-state index contributed by atoms with van der Waals surface area (Å²) in [7, 11) is 0. The molecule has 0 radical (unpaired) electrons. The quantitative estimate of drug-likeness (QED) is 0.685. The van der Waals surface area contributed by atoms with Gasteiger partial charge in [0.25, 0.3) is 5.91 Å². The molecular formula is C17H21BrN6O2. The summed E-state index contributed by atoms with van der Waals surface area (Å²) in [4.78, 5) is 27.2. The number of hydrogen-bond acceptors (Lipinski definition) is 7. The molecule has 8 nitrogen and oxygen atoms in total. The normalized spacial score (nSPS) is 14.2. The number of halogens is 1. The zero-order valence-corrected chi connectivity index (χ0v) is 16.1. The summed E-state index contributed by atoms with van der Waals surface area (Å²) >= 11 is 3.31. The molecule has 1 fully saturated rings. The number of rotatable bonds is 6. The highest BCUT2D eigenvalue weighted by atomic mass is 79.9. The number of aryl methyl sites for hydroxylation is 1. The first-order valence-electron chi connectivity index (χ1n) is 8.43. The topological polar surface area (TPSA) is 92.3 Å². The van der Waals surface area contributed by atoms with E-state index in [1.165, 1.54) is 6.20 Å². The third kappa shape index (κ3) is 5.12. The number of carbonyl (C=O) groups is 1. The van der Waals surface area contributed by atoms with E-state index in [0.29, 0.717) is 37.7 Å². The summed E-state index contributed by atoms with van der Waals surface area (Å²) in [6.45, 7) is 5.98. The first-order chi connectivity index (χ1) is 12.6. The molecule has 3 heterocycles. The van der Waals surface area contributed by atoms with E-state index in [-0.39, 0.29) is 5.91 Å². The van der Waals surface area contributed by atoms with E-state index >= 15 is 0 Å². The summed E-state index contributed by atoms with van der Waals surface area (Å²) in [6, 6.07) is 3.66. The fourth-order valence-corrected chi connectivity index (χ4v) is 2.97.